The molecule has 0 N–H and O–H groups in total. The highest BCUT2D eigenvalue weighted by atomic mass is 35.5. The van der Waals surface area contributed by atoms with E-state index in [1.54, 1.807) is 6.92 Å². The lowest BCUT2D eigenvalue weighted by molar-refractivity contribution is 0.721. The van der Waals surface area contributed by atoms with Gasteiger partial charge in [0, 0.05) is 5.56 Å². The highest BCUT2D eigenvalue weighted by molar-refractivity contribution is 6.31. The fraction of sp³-hybridized carbons (Fsp3) is 0.375. The summed E-state index contributed by atoms with van der Waals surface area (Å²) in [5, 5.41) is 4.52. The number of halogens is 1. The summed E-state index contributed by atoms with van der Waals surface area (Å²) in [7, 11) is 0. The zero-order valence-corrected chi connectivity index (χ0v) is 12.2. The van der Waals surface area contributed by atoms with Gasteiger partial charge in [0.25, 0.3) is 5.56 Å². The zero-order chi connectivity index (χ0) is 14.1. The molecule has 0 bridgehead atoms. The monoisotopic (exact) mass is 288 g/mol. The molecule has 0 aliphatic heterocycles. The maximum absolute atomic E-state index is 12.1. The maximum atomic E-state index is 12.1. The van der Waals surface area contributed by atoms with Gasteiger partial charge in [-0.1, -0.05) is 36.6 Å². The number of aromatic nitrogens is 2. The van der Waals surface area contributed by atoms with Crippen LogP contribution in [0, 0.1) is 6.92 Å². The van der Waals surface area contributed by atoms with E-state index in [1.165, 1.54) is 42.1 Å². The van der Waals surface area contributed by atoms with E-state index in [0.29, 0.717) is 16.5 Å². The first-order valence-electron chi connectivity index (χ1n) is 7.01. The summed E-state index contributed by atoms with van der Waals surface area (Å²) in [6.45, 7) is 1.72. The molecule has 1 aliphatic rings. The Morgan fingerprint density at radius 2 is 1.85 bits per heavy atom. The minimum Gasteiger partial charge on any atom is -0.267 e. The molecule has 0 spiro atoms. The van der Waals surface area contributed by atoms with Crippen molar-refractivity contribution in [2.45, 2.75) is 38.5 Å². The van der Waals surface area contributed by atoms with Crippen LogP contribution in [0.4, 0.5) is 0 Å². The molecule has 104 valence electrons. The number of rotatable bonds is 2. The third-order valence-corrected chi connectivity index (χ3v) is 4.50. The molecule has 0 unspecified atom stereocenters. The summed E-state index contributed by atoms with van der Waals surface area (Å²) >= 11 is 5.91. The molecule has 1 fully saturated rings. The Hall–Kier alpha value is -1.61. The second-order valence-corrected chi connectivity index (χ2v) is 5.81. The Bertz CT molecular complexity index is 670. The molecule has 0 saturated heterocycles. The van der Waals surface area contributed by atoms with Crippen molar-refractivity contribution < 1.29 is 0 Å². The van der Waals surface area contributed by atoms with Crippen LogP contribution in [-0.4, -0.2) is 9.78 Å². The molecule has 1 aromatic heterocycles. The SMILES string of the molecule is Cc1c(Cl)cnn(-c2ccc(C3CCCC3)cc2)c1=O. The Balaban J connectivity index is 1.95. The van der Waals surface area contributed by atoms with Gasteiger partial charge in [0.2, 0.25) is 0 Å². The van der Waals surface area contributed by atoms with Crippen LogP contribution in [0.2, 0.25) is 5.02 Å². The maximum Gasteiger partial charge on any atom is 0.275 e. The van der Waals surface area contributed by atoms with E-state index in [-0.39, 0.29) is 5.56 Å². The van der Waals surface area contributed by atoms with Crippen LogP contribution in [0.25, 0.3) is 5.69 Å². The molecule has 0 amide bonds. The summed E-state index contributed by atoms with van der Waals surface area (Å²) in [5.41, 5.74) is 2.52. The lowest BCUT2D eigenvalue weighted by Gasteiger charge is -2.11. The van der Waals surface area contributed by atoms with Gasteiger partial charge in [-0.05, 0) is 43.4 Å². The fourth-order valence-electron chi connectivity index (χ4n) is 2.85. The summed E-state index contributed by atoms with van der Waals surface area (Å²) < 4.78 is 1.40. The predicted molar refractivity (Wildman–Crippen MR) is 80.8 cm³/mol. The third kappa shape index (κ3) is 2.38. The first-order chi connectivity index (χ1) is 9.66. The van der Waals surface area contributed by atoms with E-state index in [2.05, 4.69) is 17.2 Å². The lowest BCUT2D eigenvalue weighted by atomic mass is 9.98. The van der Waals surface area contributed by atoms with Crippen LogP contribution in [0.5, 0.6) is 0 Å². The summed E-state index contributed by atoms with van der Waals surface area (Å²) in [6, 6.07) is 8.16. The highest BCUT2D eigenvalue weighted by Gasteiger charge is 2.17. The highest BCUT2D eigenvalue weighted by Crippen LogP contribution is 2.34. The molecular weight excluding hydrogens is 272 g/mol. The van der Waals surface area contributed by atoms with Gasteiger partial charge in [-0.2, -0.15) is 9.78 Å². The summed E-state index contributed by atoms with van der Waals surface area (Å²) in [6.07, 6.45) is 6.71. The third-order valence-electron chi connectivity index (χ3n) is 4.12. The second-order valence-electron chi connectivity index (χ2n) is 5.41. The normalized spacial score (nSPS) is 15.7. The van der Waals surface area contributed by atoms with Crippen molar-refractivity contribution in [1.82, 2.24) is 9.78 Å². The van der Waals surface area contributed by atoms with Gasteiger partial charge in [-0.15, -0.1) is 0 Å². The number of nitrogens with zero attached hydrogens (tertiary/aromatic N) is 2. The molecule has 0 radical (unpaired) electrons. The van der Waals surface area contributed by atoms with Crippen molar-refractivity contribution in [3.63, 3.8) is 0 Å². The van der Waals surface area contributed by atoms with Gasteiger partial charge in [0.15, 0.2) is 0 Å². The van der Waals surface area contributed by atoms with Crippen molar-refractivity contribution in [3.8, 4) is 5.69 Å². The molecule has 3 nitrogen and oxygen atoms in total. The molecule has 0 atom stereocenters. The van der Waals surface area contributed by atoms with Crippen LogP contribution in [0.1, 0.15) is 42.7 Å². The van der Waals surface area contributed by atoms with Gasteiger partial charge in [0.05, 0.1) is 16.9 Å². The largest absolute Gasteiger partial charge is 0.275 e. The van der Waals surface area contributed by atoms with E-state index in [1.807, 2.05) is 12.1 Å². The molecule has 2 aromatic rings. The van der Waals surface area contributed by atoms with E-state index in [0.717, 1.165) is 5.69 Å². The quantitative estimate of drug-likeness (QED) is 0.841. The lowest BCUT2D eigenvalue weighted by Crippen LogP contribution is -2.23. The first kappa shape index (κ1) is 13.4. The van der Waals surface area contributed by atoms with Gasteiger partial charge >= 0.3 is 0 Å². The number of benzene rings is 1. The van der Waals surface area contributed by atoms with Crippen molar-refractivity contribution in [3.05, 3.63) is 57.0 Å². The van der Waals surface area contributed by atoms with Crippen LogP contribution in [-0.2, 0) is 0 Å². The van der Waals surface area contributed by atoms with E-state index < -0.39 is 0 Å². The standard InChI is InChI=1S/C16H17ClN2O/c1-11-15(17)10-18-19(16(11)20)14-8-6-13(7-9-14)12-4-2-3-5-12/h6-10,12H,2-5H2,1H3. The smallest absolute Gasteiger partial charge is 0.267 e. The number of hydrogen-bond donors (Lipinski definition) is 0. The second kappa shape index (κ2) is 5.41. The van der Waals surface area contributed by atoms with Gasteiger partial charge < -0.3 is 0 Å². The molecule has 3 rings (SSSR count). The van der Waals surface area contributed by atoms with Crippen LogP contribution in [0.3, 0.4) is 0 Å². The van der Waals surface area contributed by atoms with Crippen LogP contribution >= 0.6 is 11.6 Å². The average Bonchev–Trinajstić information content (AvgIpc) is 3.00. The average molecular weight is 289 g/mol. The Kier molecular flexibility index (Phi) is 3.62. The molecular formula is C16H17ClN2O. The Morgan fingerprint density at radius 1 is 1.20 bits per heavy atom. The molecule has 20 heavy (non-hydrogen) atoms. The molecule has 1 aromatic carbocycles. The van der Waals surface area contributed by atoms with Gasteiger partial charge in [-0.3, -0.25) is 4.79 Å². The Morgan fingerprint density at radius 3 is 2.50 bits per heavy atom. The van der Waals surface area contributed by atoms with E-state index in [9.17, 15) is 4.79 Å². The van der Waals surface area contributed by atoms with Crippen LogP contribution < -0.4 is 5.56 Å². The zero-order valence-electron chi connectivity index (χ0n) is 11.5. The molecule has 4 heteroatoms. The van der Waals surface area contributed by atoms with Crippen molar-refractivity contribution >= 4 is 11.6 Å². The molecule has 1 heterocycles. The summed E-state index contributed by atoms with van der Waals surface area (Å²) in [4.78, 5) is 12.1. The van der Waals surface area contributed by atoms with Crippen molar-refractivity contribution in [2.75, 3.05) is 0 Å². The van der Waals surface area contributed by atoms with E-state index in [4.69, 9.17) is 11.6 Å². The molecule has 1 saturated carbocycles. The fourth-order valence-corrected chi connectivity index (χ4v) is 2.97. The minimum atomic E-state index is -0.161. The molecule has 1 aliphatic carbocycles. The predicted octanol–water partition coefficient (Wildman–Crippen LogP) is 3.85. The number of hydrogen-bond acceptors (Lipinski definition) is 2. The topological polar surface area (TPSA) is 34.9 Å². The first-order valence-corrected chi connectivity index (χ1v) is 7.39. The van der Waals surface area contributed by atoms with Crippen LogP contribution in [0.15, 0.2) is 35.3 Å². The van der Waals surface area contributed by atoms with Gasteiger partial charge in [0.1, 0.15) is 0 Å². The summed E-state index contributed by atoms with van der Waals surface area (Å²) in [5.74, 6) is 0.681. The van der Waals surface area contributed by atoms with Gasteiger partial charge in [-0.25, -0.2) is 0 Å². The van der Waals surface area contributed by atoms with E-state index >= 15 is 0 Å². The minimum absolute atomic E-state index is 0.161. The van der Waals surface area contributed by atoms with Crippen molar-refractivity contribution in [1.29, 1.82) is 0 Å². The van der Waals surface area contributed by atoms with Crippen molar-refractivity contribution in [2.24, 2.45) is 0 Å². The Labute approximate surface area is 123 Å².